The van der Waals surface area contributed by atoms with Crippen LogP contribution in [0, 0.1) is 0 Å². The third-order valence-electron chi connectivity index (χ3n) is 3.59. The maximum atomic E-state index is 12.5. The molecule has 0 saturated carbocycles. The van der Waals surface area contributed by atoms with Gasteiger partial charge >= 0.3 is 6.61 Å². The first-order valence-corrected chi connectivity index (χ1v) is 9.17. The smallest absolute Gasteiger partial charge is 0.387 e. The standard InChI is InChI=1S/C18H14Cl2F2N4OS/c19-12-6-2-1-5-11(12)9-26-10-13(20)16(25-26)24-18(28)23-14-7-3-4-8-15(14)27-17(21)22/h1-8,10,17H,9H2,(H2,23,24,25,28). The summed E-state index contributed by atoms with van der Waals surface area (Å²) in [5.41, 5.74) is 1.17. The minimum Gasteiger partial charge on any atom is -0.433 e. The number of nitrogens with zero attached hydrogens (tertiary/aromatic N) is 2. The van der Waals surface area contributed by atoms with Crippen molar-refractivity contribution in [3.8, 4) is 5.75 Å². The van der Waals surface area contributed by atoms with Crippen molar-refractivity contribution in [3.63, 3.8) is 0 Å². The molecule has 0 spiro atoms. The van der Waals surface area contributed by atoms with Gasteiger partial charge in [0.2, 0.25) is 0 Å². The van der Waals surface area contributed by atoms with Crippen LogP contribution in [0.15, 0.2) is 54.7 Å². The lowest BCUT2D eigenvalue weighted by Crippen LogP contribution is -2.20. The predicted molar refractivity (Wildman–Crippen MR) is 111 cm³/mol. The number of thiocarbonyl (C=S) groups is 1. The highest BCUT2D eigenvalue weighted by atomic mass is 35.5. The Morgan fingerprint density at radius 2 is 1.79 bits per heavy atom. The van der Waals surface area contributed by atoms with Gasteiger partial charge in [-0.25, -0.2) is 0 Å². The van der Waals surface area contributed by atoms with Crippen molar-refractivity contribution in [1.82, 2.24) is 9.78 Å². The fourth-order valence-corrected chi connectivity index (χ4v) is 2.99. The van der Waals surface area contributed by atoms with Gasteiger partial charge in [-0.3, -0.25) is 4.68 Å². The summed E-state index contributed by atoms with van der Waals surface area (Å²) in [6.07, 6.45) is 1.63. The number of benzene rings is 2. The molecular formula is C18H14Cl2F2N4OS. The van der Waals surface area contributed by atoms with Crippen LogP contribution in [-0.2, 0) is 6.54 Å². The van der Waals surface area contributed by atoms with E-state index in [2.05, 4.69) is 20.5 Å². The average molecular weight is 443 g/mol. The molecular weight excluding hydrogens is 429 g/mol. The van der Waals surface area contributed by atoms with Crippen molar-refractivity contribution < 1.29 is 13.5 Å². The van der Waals surface area contributed by atoms with E-state index in [-0.39, 0.29) is 16.5 Å². The monoisotopic (exact) mass is 442 g/mol. The highest BCUT2D eigenvalue weighted by Gasteiger charge is 2.13. The Balaban J connectivity index is 1.68. The van der Waals surface area contributed by atoms with Gasteiger partial charge in [0.15, 0.2) is 10.9 Å². The third-order valence-corrected chi connectivity index (χ3v) is 4.44. The molecule has 0 amide bonds. The molecule has 10 heteroatoms. The van der Waals surface area contributed by atoms with Crippen LogP contribution in [0.25, 0.3) is 0 Å². The van der Waals surface area contributed by atoms with Crippen molar-refractivity contribution in [2.45, 2.75) is 13.2 Å². The number of para-hydroxylation sites is 2. The molecule has 2 aromatic carbocycles. The maximum Gasteiger partial charge on any atom is 0.387 e. The van der Waals surface area contributed by atoms with Crippen molar-refractivity contribution in [1.29, 1.82) is 0 Å². The van der Waals surface area contributed by atoms with E-state index in [0.29, 0.717) is 22.4 Å². The van der Waals surface area contributed by atoms with E-state index in [0.717, 1.165) is 5.56 Å². The largest absolute Gasteiger partial charge is 0.433 e. The summed E-state index contributed by atoms with van der Waals surface area (Å²) in [6, 6.07) is 13.6. The van der Waals surface area contributed by atoms with E-state index in [9.17, 15) is 8.78 Å². The van der Waals surface area contributed by atoms with Crippen LogP contribution in [0.2, 0.25) is 10.0 Å². The Bertz CT molecular complexity index is 984. The molecule has 28 heavy (non-hydrogen) atoms. The highest BCUT2D eigenvalue weighted by Crippen LogP contribution is 2.26. The molecule has 0 atom stereocenters. The molecule has 3 rings (SSSR count). The summed E-state index contributed by atoms with van der Waals surface area (Å²) in [4.78, 5) is 0. The van der Waals surface area contributed by atoms with E-state index in [4.69, 9.17) is 35.4 Å². The number of alkyl halides is 2. The number of halogens is 4. The molecule has 0 radical (unpaired) electrons. The van der Waals surface area contributed by atoms with Crippen LogP contribution < -0.4 is 15.4 Å². The molecule has 1 heterocycles. The topological polar surface area (TPSA) is 51.1 Å². The minimum atomic E-state index is -2.94. The van der Waals surface area contributed by atoms with Crippen LogP contribution in [0.4, 0.5) is 20.3 Å². The lowest BCUT2D eigenvalue weighted by atomic mass is 10.2. The number of hydrogen-bond donors (Lipinski definition) is 2. The van der Waals surface area contributed by atoms with Crippen LogP contribution in [-0.4, -0.2) is 21.5 Å². The Kier molecular flexibility index (Phi) is 6.66. The van der Waals surface area contributed by atoms with Gasteiger partial charge in [-0.1, -0.05) is 53.5 Å². The Morgan fingerprint density at radius 3 is 2.54 bits per heavy atom. The first-order chi connectivity index (χ1) is 13.4. The van der Waals surface area contributed by atoms with Gasteiger partial charge in [-0.05, 0) is 36.0 Å². The molecule has 2 N–H and O–H groups in total. The predicted octanol–water partition coefficient (Wildman–Crippen LogP) is 5.65. The molecule has 5 nitrogen and oxygen atoms in total. The normalized spacial score (nSPS) is 10.8. The second kappa shape index (κ2) is 9.18. The summed E-state index contributed by atoms with van der Waals surface area (Å²) in [5.74, 6) is 0.287. The lowest BCUT2D eigenvalue weighted by Gasteiger charge is -2.13. The lowest BCUT2D eigenvalue weighted by molar-refractivity contribution is -0.0493. The zero-order chi connectivity index (χ0) is 20.1. The summed E-state index contributed by atoms with van der Waals surface area (Å²) >= 11 is 17.6. The molecule has 3 aromatic rings. The Morgan fingerprint density at radius 1 is 1.07 bits per heavy atom. The number of anilines is 2. The number of aromatic nitrogens is 2. The van der Waals surface area contributed by atoms with Crippen LogP contribution >= 0.6 is 35.4 Å². The highest BCUT2D eigenvalue weighted by molar-refractivity contribution is 7.80. The van der Waals surface area contributed by atoms with Crippen molar-refractivity contribution >= 4 is 52.0 Å². The first kappa shape index (κ1) is 20.3. The quantitative estimate of drug-likeness (QED) is 0.483. The number of rotatable bonds is 6. The van der Waals surface area contributed by atoms with Crippen LogP contribution in [0.5, 0.6) is 5.75 Å². The third kappa shape index (κ3) is 5.31. The fraction of sp³-hybridized carbons (Fsp3) is 0.111. The van der Waals surface area contributed by atoms with E-state index >= 15 is 0 Å². The van der Waals surface area contributed by atoms with Crippen molar-refractivity contribution in [3.05, 3.63) is 70.3 Å². The van der Waals surface area contributed by atoms with Gasteiger partial charge < -0.3 is 15.4 Å². The molecule has 0 aliphatic carbocycles. The fourth-order valence-electron chi connectivity index (χ4n) is 2.39. The molecule has 0 fully saturated rings. The minimum absolute atomic E-state index is 0.0306. The second-order valence-corrected chi connectivity index (χ2v) is 6.79. The van der Waals surface area contributed by atoms with E-state index < -0.39 is 6.61 Å². The van der Waals surface area contributed by atoms with Gasteiger partial charge in [0.25, 0.3) is 0 Å². The number of nitrogens with one attached hydrogen (secondary N) is 2. The summed E-state index contributed by atoms with van der Waals surface area (Å²) in [5, 5.41) is 11.1. The van der Waals surface area contributed by atoms with Gasteiger partial charge in [-0.2, -0.15) is 13.9 Å². The molecule has 0 aliphatic rings. The van der Waals surface area contributed by atoms with E-state index in [1.54, 1.807) is 35.1 Å². The van der Waals surface area contributed by atoms with Gasteiger partial charge in [0, 0.05) is 11.2 Å². The summed E-state index contributed by atoms with van der Waals surface area (Å²) < 4.78 is 31.1. The van der Waals surface area contributed by atoms with Crippen LogP contribution in [0.3, 0.4) is 0 Å². The van der Waals surface area contributed by atoms with Gasteiger partial charge in [0.05, 0.1) is 12.2 Å². The molecule has 0 unspecified atom stereocenters. The first-order valence-electron chi connectivity index (χ1n) is 8.00. The summed E-state index contributed by atoms with van der Waals surface area (Å²) in [6.45, 7) is -2.52. The van der Waals surface area contributed by atoms with E-state index in [1.165, 1.54) is 6.07 Å². The van der Waals surface area contributed by atoms with Crippen molar-refractivity contribution in [2.75, 3.05) is 10.6 Å². The maximum absolute atomic E-state index is 12.5. The van der Waals surface area contributed by atoms with Gasteiger partial charge in [0.1, 0.15) is 10.8 Å². The number of ether oxygens (including phenoxy) is 1. The molecule has 1 aromatic heterocycles. The molecule has 146 valence electrons. The summed E-state index contributed by atoms with van der Waals surface area (Å²) in [7, 11) is 0. The second-order valence-electron chi connectivity index (χ2n) is 5.57. The Hall–Kier alpha value is -2.42. The zero-order valence-electron chi connectivity index (χ0n) is 14.2. The van der Waals surface area contributed by atoms with Crippen LogP contribution in [0.1, 0.15) is 5.56 Å². The van der Waals surface area contributed by atoms with Crippen molar-refractivity contribution in [2.24, 2.45) is 0 Å². The molecule has 0 saturated heterocycles. The number of hydrogen-bond acceptors (Lipinski definition) is 3. The van der Waals surface area contributed by atoms with E-state index in [1.807, 2.05) is 18.2 Å². The molecule has 0 bridgehead atoms. The Labute approximate surface area is 175 Å². The zero-order valence-corrected chi connectivity index (χ0v) is 16.5. The molecule has 0 aliphatic heterocycles. The van der Waals surface area contributed by atoms with Gasteiger partial charge in [-0.15, -0.1) is 0 Å². The average Bonchev–Trinajstić information content (AvgIpc) is 2.97. The SMILES string of the molecule is FC(F)Oc1ccccc1NC(=S)Nc1nn(Cc2ccccc2Cl)cc1Cl.